The zero-order valence-electron chi connectivity index (χ0n) is 10.8. The molecule has 0 spiro atoms. The SMILES string of the molecule is CCOC(=O)C(OC1CCCCO1)C(=O)OCC. The molecule has 18 heavy (non-hydrogen) atoms. The molecule has 1 atom stereocenters. The highest BCUT2D eigenvalue weighted by Crippen LogP contribution is 2.16. The smallest absolute Gasteiger partial charge is 0.347 e. The van der Waals surface area contributed by atoms with Crippen LogP contribution in [0.15, 0.2) is 0 Å². The maximum atomic E-state index is 11.6. The van der Waals surface area contributed by atoms with Gasteiger partial charge in [0.2, 0.25) is 0 Å². The van der Waals surface area contributed by atoms with Crippen molar-refractivity contribution >= 4 is 11.9 Å². The van der Waals surface area contributed by atoms with Crippen LogP contribution in [0.4, 0.5) is 0 Å². The summed E-state index contributed by atoms with van der Waals surface area (Å²) in [6, 6.07) is 0. The number of esters is 2. The fourth-order valence-electron chi connectivity index (χ4n) is 1.61. The van der Waals surface area contributed by atoms with Crippen LogP contribution in [-0.2, 0) is 28.5 Å². The number of hydrogen-bond donors (Lipinski definition) is 0. The molecule has 0 aromatic carbocycles. The van der Waals surface area contributed by atoms with Crippen molar-refractivity contribution in [3.05, 3.63) is 0 Å². The number of ether oxygens (including phenoxy) is 4. The van der Waals surface area contributed by atoms with E-state index in [1.165, 1.54) is 0 Å². The van der Waals surface area contributed by atoms with Crippen LogP contribution in [0.5, 0.6) is 0 Å². The van der Waals surface area contributed by atoms with Crippen LogP contribution >= 0.6 is 0 Å². The highest BCUT2D eigenvalue weighted by Gasteiger charge is 2.34. The van der Waals surface area contributed by atoms with E-state index in [1.54, 1.807) is 13.8 Å². The van der Waals surface area contributed by atoms with E-state index >= 15 is 0 Å². The lowest BCUT2D eigenvalue weighted by molar-refractivity contribution is -0.212. The molecule has 1 rings (SSSR count). The van der Waals surface area contributed by atoms with Crippen LogP contribution < -0.4 is 0 Å². The van der Waals surface area contributed by atoms with Gasteiger partial charge in [-0.2, -0.15) is 0 Å². The van der Waals surface area contributed by atoms with E-state index < -0.39 is 24.3 Å². The Kier molecular flexibility index (Phi) is 6.67. The number of carbonyl (C=O) groups is 2. The van der Waals surface area contributed by atoms with Crippen LogP contribution in [0.3, 0.4) is 0 Å². The maximum Gasteiger partial charge on any atom is 0.347 e. The minimum absolute atomic E-state index is 0.184. The van der Waals surface area contributed by atoms with Gasteiger partial charge >= 0.3 is 11.9 Å². The van der Waals surface area contributed by atoms with Crippen molar-refractivity contribution in [1.29, 1.82) is 0 Å². The van der Waals surface area contributed by atoms with Gasteiger partial charge in [0.25, 0.3) is 6.10 Å². The van der Waals surface area contributed by atoms with Crippen molar-refractivity contribution < 1.29 is 28.5 Å². The molecular formula is C12H20O6. The monoisotopic (exact) mass is 260 g/mol. The van der Waals surface area contributed by atoms with Crippen molar-refractivity contribution in [3.63, 3.8) is 0 Å². The van der Waals surface area contributed by atoms with E-state index in [9.17, 15) is 9.59 Å². The molecule has 0 bridgehead atoms. The zero-order chi connectivity index (χ0) is 13.4. The summed E-state index contributed by atoms with van der Waals surface area (Å²) >= 11 is 0. The molecule has 0 N–H and O–H groups in total. The van der Waals surface area contributed by atoms with E-state index in [2.05, 4.69) is 0 Å². The van der Waals surface area contributed by atoms with Crippen LogP contribution in [0, 0.1) is 0 Å². The standard InChI is InChI=1S/C12H20O6/c1-3-15-11(13)10(12(14)16-4-2)18-9-7-5-6-8-17-9/h9-10H,3-8H2,1-2H3. The average molecular weight is 260 g/mol. The third-order valence-electron chi connectivity index (χ3n) is 2.43. The molecule has 0 amide bonds. The number of hydrogen-bond acceptors (Lipinski definition) is 6. The zero-order valence-corrected chi connectivity index (χ0v) is 10.8. The lowest BCUT2D eigenvalue weighted by Gasteiger charge is -2.25. The summed E-state index contributed by atoms with van der Waals surface area (Å²) in [4.78, 5) is 23.3. The van der Waals surface area contributed by atoms with Crippen LogP contribution in [0.1, 0.15) is 33.1 Å². The van der Waals surface area contributed by atoms with Gasteiger partial charge in [-0.25, -0.2) is 9.59 Å². The van der Waals surface area contributed by atoms with E-state index in [4.69, 9.17) is 18.9 Å². The molecule has 0 aromatic heterocycles. The molecule has 6 nitrogen and oxygen atoms in total. The molecule has 1 aliphatic rings. The maximum absolute atomic E-state index is 11.6. The fourth-order valence-corrected chi connectivity index (χ4v) is 1.61. The Balaban J connectivity index is 2.57. The molecule has 1 fully saturated rings. The Morgan fingerprint density at radius 3 is 2.22 bits per heavy atom. The third kappa shape index (κ3) is 4.62. The topological polar surface area (TPSA) is 71.1 Å². The predicted molar refractivity (Wildman–Crippen MR) is 61.7 cm³/mol. The molecule has 0 radical (unpaired) electrons. The average Bonchev–Trinajstić information content (AvgIpc) is 2.37. The summed E-state index contributed by atoms with van der Waals surface area (Å²) in [6.07, 6.45) is 0.673. The molecule has 0 aromatic rings. The van der Waals surface area contributed by atoms with Gasteiger partial charge in [0.05, 0.1) is 13.2 Å². The van der Waals surface area contributed by atoms with Gasteiger partial charge in [-0.15, -0.1) is 0 Å². The molecule has 0 saturated carbocycles. The largest absolute Gasteiger partial charge is 0.464 e. The molecule has 6 heteroatoms. The normalized spacial score (nSPS) is 19.6. The second-order valence-electron chi connectivity index (χ2n) is 3.82. The van der Waals surface area contributed by atoms with Gasteiger partial charge in [-0.1, -0.05) is 0 Å². The Bertz CT molecular complexity index is 254. The minimum atomic E-state index is -1.35. The molecular weight excluding hydrogens is 240 g/mol. The van der Waals surface area contributed by atoms with Gasteiger partial charge in [0, 0.05) is 6.61 Å². The minimum Gasteiger partial charge on any atom is -0.464 e. The first-order chi connectivity index (χ1) is 8.69. The van der Waals surface area contributed by atoms with E-state index in [0.29, 0.717) is 13.0 Å². The van der Waals surface area contributed by atoms with Crippen molar-refractivity contribution in [3.8, 4) is 0 Å². The lowest BCUT2D eigenvalue weighted by Crippen LogP contribution is -2.40. The molecule has 0 aliphatic carbocycles. The van der Waals surface area contributed by atoms with Crippen molar-refractivity contribution in [2.75, 3.05) is 19.8 Å². The van der Waals surface area contributed by atoms with Crippen LogP contribution in [0.2, 0.25) is 0 Å². The molecule has 1 saturated heterocycles. The Morgan fingerprint density at radius 2 is 1.78 bits per heavy atom. The molecule has 104 valence electrons. The van der Waals surface area contributed by atoms with E-state index in [0.717, 1.165) is 12.8 Å². The lowest BCUT2D eigenvalue weighted by atomic mass is 10.2. The molecule has 1 unspecified atom stereocenters. The Hall–Kier alpha value is -1.14. The summed E-state index contributed by atoms with van der Waals surface area (Å²) < 4.78 is 20.3. The Labute approximate surface area is 107 Å². The van der Waals surface area contributed by atoms with Gasteiger partial charge in [0.1, 0.15) is 0 Å². The summed E-state index contributed by atoms with van der Waals surface area (Å²) in [5.41, 5.74) is 0. The first-order valence-corrected chi connectivity index (χ1v) is 6.29. The van der Waals surface area contributed by atoms with Crippen molar-refractivity contribution in [1.82, 2.24) is 0 Å². The third-order valence-corrected chi connectivity index (χ3v) is 2.43. The van der Waals surface area contributed by atoms with Crippen LogP contribution in [0.25, 0.3) is 0 Å². The first kappa shape index (κ1) is 14.9. The van der Waals surface area contributed by atoms with Gasteiger partial charge in [0.15, 0.2) is 6.29 Å². The number of carbonyl (C=O) groups excluding carboxylic acids is 2. The number of rotatable bonds is 6. The second kappa shape index (κ2) is 8.05. The van der Waals surface area contributed by atoms with Crippen molar-refractivity contribution in [2.45, 2.75) is 45.5 Å². The van der Waals surface area contributed by atoms with Crippen molar-refractivity contribution in [2.24, 2.45) is 0 Å². The summed E-state index contributed by atoms with van der Waals surface area (Å²) in [6.45, 7) is 4.27. The van der Waals surface area contributed by atoms with Gasteiger partial charge < -0.3 is 18.9 Å². The molecule has 1 aliphatic heterocycles. The second-order valence-corrected chi connectivity index (χ2v) is 3.82. The highest BCUT2D eigenvalue weighted by atomic mass is 16.7. The van der Waals surface area contributed by atoms with E-state index in [-0.39, 0.29) is 13.2 Å². The quantitative estimate of drug-likeness (QED) is 0.524. The highest BCUT2D eigenvalue weighted by molar-refractivity contribution is 5.98. The van der Waals surface area contributed by atoms with Crippen LogP contribution in [-0.4, -0.2) is 44.2 Å². The predicted octanol–water partition coefficient (Wildman–Crippen LogP) is 1.02. The summed E-state index contributed by atoms with van der Waals surface area (Å²) in [5, 5.41) is 0. The summed E-state index contributed by atoms with van der Waals surface area (Å²) in [7, 11) is 0. The van der Waals surface area contributed by atoms with Gasteiger partial charge in [-0.05, 0) is 33.1 Å². The Morgan fingerprint density at radius 1 is 1.17 bits per heavy atom. The van der Waals surface area contributed by atoms with E-state index in [1.807, 2.05) is 0 Å². The fraction of sp³-hybridized carbons (Fsp3) is 0.833. The van der Waals surface area contributed by atoms with Gasteiger partial charge in [-0.3, -0.25) is 0 Å². The summed E-state index contributed by atoms with van der Waals surface area (Å²) in [5.74, 6) is -1.46. The first-order valence-electron chi connectivity index (χ1n) is 6.29. The molecule has 1 heterocycles.